The molecule has 1 amide bonds. The van der Waals surface area contributed by atoms with E-state index < -0.39 is 0 Å². The summed E-state index contributed by atoms with van der Waals surface area (Å²) in [5, 5.41) is 5.92. The zero-order valence-electron chi connectivity index (χ0n) is 12.0. The molecule has 0 radical (unpaired) electrons. The van der Waals surface area contributed by atoms with Crippen LogP contribution in [0, 0.1) is 0 Å². The maximum absolute atomic E-state index is 11.8. The summed E-state index contributed by atoms with van der Waals surface area (Å²) in [5.74, 6) is 0.429. The highest BCUT2D eigenvalue weighted by molar-refractivity contribution is 5.91. The first-order valence-electron chi connectivity index (χ1n) is 7.03. The molecule has 0 fully saturated rings. The molecule has 2 heterocycles. The predicted molar refractivity (Wildman–Crippen MR) is 80.8 cm³/mol. The van der Waals surface area contributed by atoms with E-state index in [1.165, 1.54) is 6.20 Å². The third-order valence-corrected chi connectivity index (χ3v) is 2.88. The van der Waals surface area contributed by atoms with Gasteiger partial charge < -0.3 is 10.6 Å². The van der Waals surface area contributed by atoms with Gasteiger partial charge in [-0.05, 0) is 18.6 Å². The van der Waals surface area contributed by atoms with Crippen molar-refractivity contribution in [1.29, 1.82) is 0 Å². The van der Waals surface area contributed by atoms with Crippen LogP contribution in [0.25, 0.3) is 0 Å². The van der Waals surface area contributed by atoms with Crippen LogP contribution in [0.4, 0.5) is 5.82 Å². The zero-order chi connectivity index (χ0) is 14.9. The monoisotopic (exact) mass is 285 g/mol. The molecule has 2 aromatic rings. The number of aromatic nitrogens is 3. The van der Waals surface area contributed by atoms with E-state index in [0.29, 0.717) is 24.6 Å². The Labute approximate surface area is 124 Å². The van der Waals surface area contributed by atoms with Crippen LogP contribution in [-0.4, -0.2) is 27.4 Å². The van der Waals surface area contributed by atoms with Crippen LogP contribution in [0.15, 0.2) is 36.8 Å². The Kier molecular flexibility index (Phi) is 5.63. The lowest BCUT2D eigenvalue weighted by Crippen LogP contribution is -2.25. The number of nitrogens with one attached hydrogen (secondary N) is 2. The number of carbonyl (C=O) groups is 1. The molecule has 21 heavy (non-hydrogen) atoms. The highest BCUT2D eigenvalue weighted by Gasteiger charge is 2.06. The van der Waals surface area contributed by atoms with E-state index in [9.17, 15) is 4.79 Å². The third-order valence-electron chi connectivity index (χ3n) is 2.88. The second-order valence-electron chi connectivity index (χ2n) is 4.57. The van der Waals surface area contributed by atoms with Gasteiger partial charge in [-0.1, -0.05) is 19.4 Å². The minimum atomic E-state index is -0.188. The molecule has 0 aliphatic carbocycles. The van der Waals surface area contributed by atoms with Gasteiger partial charge >= 0.3 is 0 Å². The molecule has 0 spiro atoms. The third kappa shape index (κ3) is 4.83. The number of hydrogen-bond acceptors (Lipinski definition) is 5. The molecule has 0 unspecified atom stereocenters. The Balaban J connectivity index is 1.85. The molecule has 6 heteroatoms. The lowest BCUT2D eigenvalue weighted by atomic mass is 10.3. The van der Waals surface area contributed by atoms with Gasteiger partial charge in [0, 0.05) is 12.7 Å². The molecular weight excluding hydrogens is 266 g/mol. The molecule has 2 rings (SSSR count). The van der Waals surface area contributed by atoms with E-state index in [4.69, 9.17) is 0 Å². The van der Waals surface area contributed by atoms with Crippen molar-refractivity contribution in [3.05, 3.63) is 48.2 Å². The van der Waals surface area contributed by atoms with E-state index in [1.807, 2.05) is 18.2 Å². The summed E-state index contributed by atoms with van der Waals surface area (Å²) in [6, 6.07) is 5.73. The molecule has 2 aromatic heterocycles. The second kappa shape index (κ2) is 7.94. The molecule has 0 aliphatic rings. The van der Waals surface area contributed by atoms with Gasteiger partial charge in [0.1, 0.15) is 11.5 Å². The minimum Gasteiger partial charge on any atom is -0.363 e. The predicted octanol–water partition coefficient (Wildman–Crippen LogP) is 2.01. The van der Waals surface area contributed by atoms with Crippen molar-refractivity contribution in [2.45, 2.75) is 26.3 Å². The molecule has 0 atom stereocenters. The number of anilines is 1. The molecule has 2 N–H and O–H groups in total. The number of rotatable bonds is 7. The summed E-state index contributed by atoms with van der Waals surface area (Å²) in [4.78, 5) is 24.3. The zero-order valence-corrected chi connectivity index (χ0v) is 12.0. The molecule has 6 nitrogen and oxygen atoms in total. The topological polar surface area (TPSA) is 79.8 Å². The number of nitrogens with zero attached hydrogens (tertiary/aromatic N) is 3. The summed E-state index contributed by atoms with van der Waals surface area (Å²) in [5.41, 5.74) is 1.25. The minimum absolute atomic E-state index is 0.188. The van der Waals surface area contributed by atoms with E-state index in [2.05, 4.69) is 32.5 Å². The largest absolute Gasteiger partial charge is 0.363 e. The van der Waals surface area contributed by atoms with Crippen molar-refractivity contribution in [3.63, 3.8) is 0 Å². The summed E-state index contributed by atoms with van der Waals surface area (Å²) < 4.78 is 0. The van der Waals surface area contributed by atoms with Crippen LogP contribution in [0.2, 0.25) is 0 Å². The van der Waals surface area contributed by atoms with E-state index in [-0.39, 0.29) is 5.91 Å². The summed E-state index contributed by atoms with van der Waals surface area (Å²) >= 11 is 0. The van der Waals surface area contributed by atoms with Crippen LogP contribution in [0.1, 0.15) is 35.9 Å². The lowest BCUT2D eigenvalue weighted by molar-refractivity contribution is 0.0948. The van der Waals surface area contributed by atoms with Gasteiger partial charge in [-0.15, -0.1) is 0 Å². The number of pyridine rings is 1. The smallest absolute Gasteiger partial charge is 0.271 e. The van der Waals surface area contributed by atoms with Crippen molar-refractivity contribution in [2.75, 3.05) is 11.9 Å². The first-order valence-corrected chi connectivity index (χ1v) is 7.03. The standard InChI is InChI=1S/C15H19N5O/c1-2-3-7-17-15(21)13-10-20-14(11-18-13)19-9-12-6-4-5-8-16-12/h4-6,8,10-11H,2-3,7,9H2,1H3,(H,17,21)(H,19,20). The number of amides is 1. The van der Waals surface area contributed by atoms with Gasteiger partial charge in [0.2, 0.25) is 0 Å². The highest BCUT2D eigenvalue weighted by Crippen LogP contribution is 2.03. The van der Waals surface area contributed by atoms with Crippen LogP contribution in [0.5, 0.6) is 0 Å². The Morgan fingerprint density at radius 3 is 2.76 bits per heavy atom. The normalized spacial score (nSPS) is 10.1. The molecular formula is C15H19N5O. The summed E-state index contributed by atoms with van der Waals surface area (Å²) in [6.07, 6.45) is 6.78. The molecule has 0 aromatic carbocycles. The van der Waals surface area contributed by atoms with Crippen LogP contribution >= 0.6 is 0 Å². The number of unbranched alkanes of at least 4 members (excludes halogenated alkanes) is 1. The van der Waals surface area contributed by atoms with Crippen LogP contribution in [0.3, 0.4) is 0 Å². The van der Waals surface area contributed by atoms with Gasteiger partial charge in [0.15, 0.2) is 0 Å². The average Bonchev–Trinajstić information content (AvgIpc) is 2.54. The van der Waals surface area contributed by atoms with Crippen molar-refractivity contribution in [3.8, 4) is 0 Å². The van der Waals surface area contributed by atoms with Gasteiger partial charge in [-0.2, -0.15) is 0 Å². The van der Waals surface area contributed by atoms with E-state index in [0.717, 1.165) is 18.5 Å². The highest BCUT2D eigenvalue weighted by atomic mass is 16.1. The van der Waals surface area contributed by atoms with Gasteiger partial charge in [-0.3, -0.25) is 9.78 Å². The van der Waals surface area contributed by atoms with Gasteiger partial charge in [0.05, 0.1) is 24.6 Å². The molecule has 0 saturated carbocycles. The summed E-state index contributed by atoms with van der Waals surface area (Å²) in [7, 11) is 0. The Hall–Kier alpha value is -2.50. The summed E-state index contributed by atoms with van der Waals surface area (Å²) in [6.45, 7) is 3.31. The van der Waals surface area contributed by atoms with Gasteiger partial charge in [-0.25, -0.2) is 9.97 Å². The van der Waals surface area contributed by atoms with Crippen molar-refractivity contribution in [2.24, 2.45) is 0 Å². The maximum Gasteiger partial charge on any atom is 0.271 e. The van der Waals surface area contributed by atoms with Crippen molar-refractivity contribution < 1.29 is 4.79 Å². The van der Waals surface area contributed by atoms with Crippen LogP contribution < -0.4 is 10.6 Å². The Bertz CT molecular complexity index is 556. The molecule has 0 bridgehead atoms. The van der Waals surface area contributed by atoms with Gasteiger partial charge in [0.25, 0.3) is 5.91 Å². The lowest BCUT2D eigenvalue weighted by Gasteiger charge is -2.06. The fourth-order valence-electron chi connectivity index (χ4n) is 1.69. The van der Waals surface area contributed by atoms with Crippen molar-refractivity contribution >= 4 is 11.7 Å². The fourth-order valence-corrected chi connectivity index (χ4v) is 1.69. The Morgan fingerprint density at radius 2 is 2.10 bits per heavy atom. The average molecular weight is 285 g/mol. The number of carbonyl (C=O) groups excluding carboxylic acids is 1. The first-order chi connectivity index (χ1) is 10.3. The molecule has 0 saturated heterocycles. The Morgan fingerprint density at radius 1 is 1.19 bits per heavy atom. The van der Waals surface area contributed by atoms with E-state index >= 15 is 0 Å². The maximum atomic E-state index is 11.8. The van der Waals surface area contributed by atoms with Crippen LogP contribution in [-0.2, 0) is 6.54 Å². The SMILES string of the molecule is CCCCNC(=O)c1cnc(NCc2ccccn2)cn1. The van der Waals surface area contributed by atoms with Crippen molar-refractivity contribution in [1.82, 2.24) is 20.3 Å². The van der Waals surface area contributed by atoms with E-state index in [1.54, 1.807) is 12.4 Å². The molecule has 0 aliphatic heterocycles. The quantitative estimate of drug-likeness (QED) is 0.761. The first kappa shape index (κ1) is 14.9. The molecule has 110 valence electrons. The fraction of sp³-hybridized carbons (Fsp3) is 0.333. The number of hydrogen-bond donors (Lipinski definition) is 2. The second-order valence-corrected chi connectivity index (χ2v) is 4.57.